The van der Waals surface area contributed by atoms with Gasteiger partial charge in [-0.3, -0.25) is 9.59 Å². The van der Waals surface area contributed by atoms with E-state index in [0.29, 0.717) is 23.6 Å². The van der Waals surface area contributed by atoms with Crippen LogP contribution in [-0.4, -0.2) is 42.9 Å². The first-order valence-electron chi connectivity index (χ1n) is 8.62. The van der Waals surface area contributed by atoms with Gasteiger partial charge in [-0.1, -0.05) is 6.07 Å². The molecule has 2 saturated heterocycles. The minimum Gasteiger partial charge on any atom is -0.339 e. The molecule has 1 aromatic carbocycles. The summed E-state index contributed by atoms with van der Waals surface area (Å²) in [7, 11) is 0. The number of nitrogens with one attached hydrogen (secondary N) is 2. The molecule has 2 amide bonds. The van der Waals surface area contributed by atoms with Gasteiger partial charge in [0, 0.05) is 30.8 Å². The van der Waals surface area contributed by atoms with Crippen molar-refractivity contribution >= 4 is 17.5 Å². The zero-order valence-electron chi connectivity index (χ0n) is 13.5. The number of carbonyl (C=O) groups excluding carboxylic acids is 2. The minimum atomic E-state index is 0.0303. The Balaban J connectivity index is 1.54. The molecule has 5 heteroatoms. The summed E-state index contributed by atoms with van der Waals surface area (Å²) in [5.74, 6) is 0.710. The van der Waals surface area contributed by atoms with Gasteiger partial charge in [-0.25, -0.2) is 0 Å². The third-order valence-corrected chi connectivity index (χ3v) is 4.73. The predicted octanol–water partition coefficient (Wildman–Crippen LogP) is 2.25. The van der Waals surface area contributed by atoms with Crippen molar-refractivity contribution in [3.63, 3.8) is 0 Å². The first-order valence-corrected chi connectivity index (χ1v) is 8.62. The van der Waals surface area contributed by atoms with Crippen LogP contribution in [0, 0.1) is 5.92 Å². The van der Waals surface area contributed by atoms with Gasteiger partial charge in [-0.05, 0) is 62.9 Å². The number of hydrogen-bond donors (Lipinski definition) is 2. The number of carbonyl (C=O) groups is 2. The number of benzene rings is 1. The molecule has 1 aromatic rings. The highest BCUT2D eigenvalue weighted by Crippen LogP contribution is 2.18. The molecule has 124 valence electrons. The summed E-state index contributed by atoms with van der Waals surface area (Å²) in [6.07, 6.45) is 4.78. The maximum Gasteiger partial charge on any atom is 0.253 e. The highest BCUT2D eigenvalue weighted by atomic mass is 16.2. The quantitative estimate of drug-likeness (QED) is 0.876. The van der Waals surface area contributed by atoms with E-state index in [-0.39, 0.29) is 11.8 Å². The van der Waals surface area contributed by atoms with Gasteiger partial charge in [0.05, 0.1) is 0 Å². The van der Waals surface area contributed by atoms with E-state index in [9.17, 15) is 9.59 Å². The van der Waals surface area contributed by atoms with E-state index in [1.165, 1.54) is 0 Å². The lowest BCUT2D eigenvalue weighted by Crippen LogP contribution is -2.27. The number of likely N-dealkylation sites (tertiary alicyclic amines) is 1. The Morgan fingerprint density at radius 2 is 2.09 bits per heavy atom. The lowest BCUT2D eigenvalue weighted by Gasteiger charge is -2.16. The van der Waals surface area contributed by atoms with Crippen LogP contribution in [0.25, 0.3) is 0 Å². The molecule has 0 bridgehead atoms. The van der Waals surface area contributed by atoms with Gasteiger partial charge in [-0.2, -0.15) is 0 Å². The number of amides is 2. The average Bonchev–Trinajstić information content (AvgIpc) is 3.26. The van der Waals surface area contributed by atoms with Crippen LogP contribution in [0.1, 0.15) is 42.5 Å². The van der Waals surface area contributed by atoms with Gasteiger partial charge < -0.3 is 15.5 Å². The fourth-order valence-corrected chi connectivity index (χ4v) is 3.35. The second-order valence-electron chi connectivity index (χ2n) is 6.53. The van der Waals surface area contributed by atoms with Crippen molar-refractivity contribution in [2.75, 3.05) is 31.5 Å². The zero-order chi connectivity index (χ0) is 16.1. The second kappa shape index (κ2) is 7.59. The summed E-state index contributed by atoms with van der Waals surface area (Å²) < 4.78 is 0. The first kappa shape index (κ1) is 16.0. The molecule has 0 aromatic heterocycles. The SMILES string of the molecule is O=C(CCC1CCNC1)Nc1cccc(C(=O)N2CCCC2)c1. The molecule has 2 aliphatic rings. The van der Waals surface area contributed by atoms with Crippen LogP contribution in [0.4, 0.5) is 5.69 Å². The molecular weight excluding hydrogens is 290 g/mol. The van der Waals surface area contributed by atoms with E-state index < -0.39 is 0 Å². The molecule has 5 nitrogen and oxygen atoms in total. The highest BCUT2D eigenvalue weighted by molar-refractivity contribution is 5.97. The number of anilines is 1. The standard InChI is InChI=1S/C18H25N3O2/c22-17(7-6-14-8-9-19-13-14)20-16-5-3-4-15(12-16)18(23)21-10-1-2-11-21/h3-5,12,14,19H,1-2,6-11,13H2,(H,20,22). The third kappa shape index (κ3) is 4.32. The van der Waals surface area contributed by atoms with E-state index in [1.807, 2.05) is 23.1 Å². The predicted molar refractivity (Wildman–Crippen MR) is 90.4 cm³/mol. The smallest absolute Gasteiger partial charge is 0.253 e. The van der Waals surface area contributed by atoms with Gasteiger partial charge in [0.2, 0.25) is 5.91 Å². The van der Waals surface area contributed by atoms with Crippen LogP contribution in [0.15, 0.2) is 24.3 Å². The lowest BCUT2D eigenvalue weighted by atomic mass is 10.0. The first-order chi connectivity index (χ1) is 11.2. The summed E-state index contributed by atoms with van der Waals surface area (Å²) in [6.45, 7) is 3.76. The molecule has 1 atom stereocenters. The summed E-state index contributed by atoms with van der Waals surface area (Å²) in [5.41, 5.74) is 1.37. The largest absolute Gasteiger partial charge is 0.339 e. The molecule has 3 rings (SSSR count). The monoisotopic (exact) mass is 315 g/mol. The lowest BCUT2D eigenvalue weighted by molar-refractivity contribution is -0.116. The van der Waals surface area contributed by atoms with Crippen molar-refractivity contribution in [3.8, 4) is 0 Å². The fraction of sp³-hybridized carbons (Fsp3) is 0.556. The number of nitrogens with zero attached hydrogens (tertiary/aromatic N) is 1. The van der Waals surface area contributed by atoms with Crippen molar-refractivity contribution in [2.24, 2.45) is 5.92 Å². The van der Waals surface area contributed by atoms with Crippen molar-refractivity contribution in [3.05, 3.63) is 29.8 Å². The summed E-state index contributed by atoms with van der Waals surface area (Å²) in [6, 6.07) is 7.28. The van der Waals surface area contributed by atoms with Crippen LogP contribution < -0.4 is 10.6 Å². The molecule has 2 aliphatic heterocycles. The van der Waals surface area contributed by atoms with Crippen LogP contribution in [0.3, 0.4) is 0 Å². The van der Waals surface area contributed by atoms with Gasteiger partial charge in [0.1, 0.15) is 0 Å². The molecule has 2 N–H and O–H groups in total. The molecule has 0 aliphatic carbocycles. The van der Waals surface area contributed by atoms with E-state index in [1.54, 1.807) is 6.07 Å². The second-order valence-corrected chi connectivity index (χ2v) is 6.53. The fourth-order valence-electron chi connectivity index (χ4n) is 3.35. The van der Waals surface area contributed by atoms with Crippen molar-refractivity contribution < 1.29 is 9.59 Å². The zero-order valence-corrected chi connectivity index (χ0v) is 13.5. The van der Waals surface area contributed by atoms with Gasteiger partial charge in [0.25, 0.3) is 5.91 Å². The van der Waals surface area contributed by atoms with Crippen molar-refractivity contribution in [1.29, 1.82) is 0 Å². The van der Waals surface area contributed by atoms with Gasteiger partial charge in [-0.15, -0.1) is 0 Å². The maximum atomic E-state index is 12.4. The van der Waals surface area contributed by atoms with E-state index in [0.717, 1.165) is 51.9 Å². The molecule has 0 saturated carbocycles. The van der Waals surface area contributed by atoms with Crippen LogP contribution in [-0.2, 0) is 4.79 Å². The highest BCUT2D eigenvalue weighted by Gasteiger charge is 2.20. The minimum absolute atomic E-state index is 0.0303. The van der Waals surface area contributed by atoms with E-state index in [2.05, 4.69) is 10.6 Å². The number of hydrogen-bond acceptors (Lipinski definition) is 3. The Kier molecular flexibility index (Phi) is 5.28. The molecule has 2 heterocycles. The Morgan fingerprint density at radius 3 is 2.83 bits per heavy atom. The molecule has 0 spiro atoms. The Labute approximate surface area is 137 Å². The van der Waals surface area contributed by atoms with Crippen LogP contribution in [0.2, 0.25) is 0 Å². The molecular formula is C18H25N3O2. The Bertz CT molecular complexity index is 561. The van der Waals surface area contributed by atoms with E-state index >= 15 is 0 Å². The maximum absolute atomic E-state index is 12.4. The molecule has 1 unspecified atom stereocenters. The van der Waals surface area contributed by atoms with Gasteiger partial charge in [0.15, 0.2) is 0 Å². The molecule has 0 radical (unpaired) electrons. The van der Waals surface area contributed by atoms with Gasteiger partial charge >= 0.3 is 0 Å². The summed E-state index contributed by atoms with van der Waals surface area (Å²) in [5, 5.41) is 6.24. The number of rotatable bonds is 5. The Hall–Kier alpha value is -1.88. The normalized spacial score (nSPS) is 20.7. The third-order valence-electron chi connectivity index (χ3n) is 4.73. The van der Waals surface area contributed by atoms with Crippen molar-refractivity contribution in [1.82, 2.24) is 10.2 Å². The molecule has 2 fully saturated rings. The molecule has 23 heavy (non-hydrogen) atoms. The average molecular weight is 315 g/mol. The van der Waals surface area contributed by atoms with Crippen LogP contribution >= 0.6 is 0 Å². The topological polar surface area (TPSA) is 61.4 Å². The van der Waals surface area contributed by atoms with Crippen molar-refractivity contribution in [2.45, 2.75) is 32.1 Å². The van der Waals surface area contributed by atoms with E-state index in [4.69, 9.17) is 0 Å². The Morgan fingerprint density at radius 1 is 1.26 bits per heavy atom. The summed E-state index contributed by atoms with van der Waals surface area (Å²) >= 11 is 0. The summed E-state index contributed by atoms with van der Waals surface area (Å²) in [4.78, 5) is 26.4. The van der Waals surface area contributed by atoms with Crippen LogP contribution in [0.5, 0.6) is 0 Å².